The third-order valence-corrected chi connectivity index (χ3v) is 6.29. The Bertz CT molecular complexity index is 1640. The number of aryl methyl sites for hydroxylation is 2. The van der Waals surface area contributed by atoms with E-state index in [-0.39, 0.29) is 0 Å². The highest BCUT2D eigenvalue weighted by Crippen LogP contribution is 2.32. The fourth-order valence-corrected chi connectivity index (χ4v) is 4.38. The lowest BCUT2D eigenvalue weighted by Gasteiger charge is -2.04. The molecule has 4 aromatic heterocycles. The molecule has 0 saturated carbocycles. The van der Waals surface area contributed by atoms with Crippen LogP contribution in [0.3, 0.4) is 0 Å². The summed E-state index contributed by atoms with van der Waals surface area (Å²) in [5.74, 6) is 0.699. The lowest BCUT2D eigenvalue weighted by atomic mass is 10.0. The molecule has 0 radical (unpaired) electrons. The molecule has 166 valence electrons. The number of imidazole rings is 1. The summed E-state index contributed by atoms with van der Waals surface area (Å²) in [5.41, 5.74) is 10.9. The van der Waals surface area contributed by atoms with E-state index in [1.807, 2.05) is 24.5 Å². The smallest absolute Gasteiger partial charge is 0.161 e. The van der Waals surface area contributed by atoms with Crippen molar-refractivity contribution in [1.82, 2.24) is 30.1 Å². The van der Waals surface area contributed by atoms with Crippen LogP contribution in [-0.2, 0) is 12.8 Å². The molecule has 6 nitrogen and oxygen atoms in total. The third kappa shape index (κ3) is 3.44. The molecule has 4 heterocycles. The first-order valence-corrected chi connectivity index (χ1v) is 11.6. The number of benzene rings is 2. The zero-order valence-corrected chi connectivity index (χ0v) is 19.1. The van der Waals surface area contributed by atoms with Gasteiger partial charge >= 0.3 is 0 Å². The highest BCUT2D eigenvalue weighted by Gasteiger charge is 2.17. The van der Waals surface area contributed by atoms with Crippen LogP contribution in [0, 0.1) is 0 Å². The Morgan fingerprint density at radius 3 is 2.47 bits per heavy atom. The molecular weight excluding hydrogens is 420 g/mol. The predicted octanol–water partition coefficient (Wildman–Crippen LogP) is 6.36. The molecule has 0 aliphatic rings. The summed E-state index contributed by atoms with van der Waals surface area (Å²) >= 11 is 0. The van der Waals surface area contributed by atoms with Gasteiger partial charge in [0.25, 0.3) is 0 Å². The number of rotatable bonds is 5. The van der Waals surface area contributed by atoms with Gasteiger partial charge in [0.05, 0.1) is 22.2 Å². The molecule has 2 aromatic carbocycles. The maximum atomic E-state index is 4.98. The van der Waals surface area contributed by atoms with Crippen molar-refractivity contribution in [3.05, 3.63) is 84.2 Å². The van der Waals surface area contributed by atoms with Gasteiger partial charge in [-0.1, -0.05) is 50.2 Å². The maximum absolute atomic E-state index is 4.98. The maximum Gasteiger partial charge on any atom is 0.161 e. The van der Waals surface area contributed by atoms with E-state index in [4.69, 9.17) is 9.97 Å². The largest absolute Gasteiger partial charge is 0.336 e. The molecule has 6 heteroatoms. The van der Waals surface area contributed by atoms with Gasteiger partial charge in [-0.05, 0) is 53.8 Å². The van der Waals surface area contributed by atoms with Crippen molar-refractivity contribution in [1.29, 1.82) is 0 Å². The summed E-state index contributed by atoms with van der Waals surface area (Å²) in [6.07, 6.45) is 5.68. The second kappa shape index (κ2) is 8.23. The van der Waals surface area contributed by atoms with E-state index in [9.17, 15) is 0 Å². The lowest BCUT2D eigenvalue weighted by Crippen LogP contribution is -1.90. The van der Waals surface area contributed by atoms with E-state index >= 15 is 0 Å². The summed E-state index contributed by atoms with van der Waals surface area (Å²) in [4.78, 5) is 17.8. The van der Waals surface area contributed by atoms with Crippen LogP contribution in [0.5, 0.6) is 0 Å². The number of hydrogen-bond acceptors (Lipinski definition) is 4. The topological polar surface area (TPSA) is 83.1 Å². The van der Waals surface area contributed by atoms with E-state index in [0.717, 1.165) is 51.7 Å². The molecular formula is C28H24N6. The average Bonchev–Trinajstić information content (AvgIpc) is 3.52. The molecule has 0 aliphatic heterocycles. The molecule has 0 aliphatic carbocycles. The fraction of sp³-hybridized carbons (Fsp3) is 0.143. The third-order valence-electron chi connectivity index (χ3n) is 6.29. The first-order chi connectivity index (χ1) is 16.7. The van der Waals surface area contributed by atoms with Crippen LogP contribution >= 0.6 is 0 Å². The molecule has 0 amide bonds. The zero-order valence-electron chi connectivity index (χ0n) is 19.1. The van der Waals surface area contributed by atoms with Gasteiger partial charge in [-0.2, -0.15) is 5.10 Å². The van der Waals surface area contributed by atoms with Crippen molar-refractivity contribution in [3.63, 3.8) is 0 Å². The highest BCUT2D eigenvalue weighted by molar-refractivity contribution is 5.96. The van der Waals surface area contributed by atoms with Gasteiger partial charge in [-0.3, -0.25) is 10.1 Å². The Hall–Kier alpha value is -4.32. The first-order valence-electron chi connectivity index (χ1n) is 11.6. The van der Waals surface area contributed by atoms with Crippen molar-refractivity contribution in [2.24, 2.45) is 0 Å². The number of para-hydroxylation sites is 1. The second-order valence-corrected chi connectivity index (χ2v) is 8.44. The van der Waals surface area contributed by atoms with Crippen molar-refractivity contribution in [3.8, 4) is 33.9 Å². The number of aromatic nitrogens is 6. The monoisotopic (exact) mass is 444 g/mol. The number of aromatic amines is 2. The molecule has 0 bridgehead atoms. The van der Waals surface area contributed by atoms with E-state index in [1.54, 1.807) is 0 Å². The number of H-pyrrole nitrogens is 2. The normalized spacial score (nSPS) is 11.5. The number of nitrogens with one attached hydrogen (secondary N) is 2. The fourth-order valence-electron chi connectivity index (χ4n) is 4.38. The van der Waals surface area contributed by atoms with Crippen LogP contribution in [0.1, 0.15) is 25.0 Å². The van der Waals surface area contributed by atoms with Gasteiger partial charge in [0.2, 0.25) is 0 Å². The molecule has 6 aromatic rings. The number of fused-ring (bicyclic) bond motifs is 2. The summed E-state index contributed by atoms with van der Waals surface area (Å²) in [6, 6.07) is 21.0. The van der Waals surface area contributed by atoms with Gasteiger partial charge < -0.3 is 4.98 Å². The first kappa shape index (κ1) is 20.3. The Morgan fingerprint density at radius 1 is 0.735 bits per heavy atom. The molecule has 0 atom stereocenters. The summed E-state index contributed by atoms with van der Waals surface area (Å²) in [7, 11) is 0. The molecule has 6 rings (SSSR count). The standard InChI is InChI=1S/C28H24N6/c1-3-17-7-5-8-19(13-17)21-9-6-10-23-25(21)32-28(31-23)27-26-24(33-34-27)12-11-22(30-26)20-14-18(4-2)15-29-16-20/h5-16H,3-4H2,1-2H3,(H,31,32)(H,33,34). The van der Waals surface area contributed by atoms with E-state index < -0.39 is 0 Å². The minimum Gasteiger partial charge on any atom is -0.336 e. The Morgan fingerprint density at radius 2 is 1.59 bits per heavy atom. The SMILES string of the molecule is CCc1cncc(-c2ccc3[nH]nc(-c4nc5c(-c6cccc(CC)c6)cccc5[nH]4)c3n2)c1. The van der Waals surface area contributed by atoms with E-state index in [2.05, 4.69) is 82.5 Å². The van der Waals surface area contributed by atoms with Crippen molar-refractivity contribution in [2.75, 3.05) is 0 Å². The van der Waals surface area contributed by atoms with Crippen LogP contribution < -0.4 is 0 Å². The summed E-state index contributed by atoms with van der Waals surface area (Å²) in [5, 5.41) is 7.67. The molecule has 2 N–H and O–H groups in total. The molecule has 0 saturated heterocycles. The molecule has 0 unspecified atom stereocenters. The summed E-state index contributed by atoms with van der Waals surface area (Å²) < 4.78 is 0. The molecule has 0 spiro atoms. The quantitative estimate of drug-likeness (QED) is 0.324. The van der Waals surface area contributed by atoms with E-state index in [1.165, 1.54) is 16.7 Å². The lowest BCUT2D eigenvalue weighted by molar-refractivity contribution is 1.10. The van der Waals surface area contributed by atoms with Gasteiger partial charge in [0, 0.05) is 23.5 Å². The minimum absolute atomic E-state index is 0.699. The Kier molecular flexibility index (Phi) is 4.91. The van der Waals surface area contributed by atoms with Gasteiger partial charge in [-0.15, -0.1) is 0 Å². The predicted molar refractivity (Wildman–Crippen MR) is 136 cm³/mol. The Balaban J connectivity index is 1.48. The second-order valence-electron chi connectivity index (χ2n) is 8.44. The average molecular weight is 445 g/mol. The minimum atomic E-state index is 0.699. The molecule has 0 fully saturated rings. The zero-order chi connectivity index (χ0) is 23.1. The van der Waals surface area contributed by atoms with Crippen molar-refractivity contribution in [2.45, 2.75) is 26.7 Å². The Labute approximate surface area is 197 Å². The number of nitrogens with zero attached hydrogens (tertiary/aromatic N) is 4. The van der Waals surface area contributed by atoms with Gasteiger partial charge in [-0.25, -0.2) is 9.97 Å². The van der Waals surface area contributed by atoms with Crippen molar-refractivity contribution >= 4 is 22.1 Å². The van der Waals surface area contributed by atoms with Crippen LogP contribution in [0.25, 0.3) is 56.0 Å². The van der Waals surface area contributed by atoms with Crippen LogP contribution in [0.4, 0.5) is 0 Å². The summed E-state index contributed by atoms with van der Waals surface area (Å²) in [6.45, 7) is 4.30. The van der Waals surface area contributed by atoms with Crippen LogP contribution in [0.2, 0.25) is 0 Å². The molecule has 34 heavy (non-hydrogen) atoms. The van der Waals surface area contributed by atoms with Crippen LogP contribution in [0.15, 0.2) is 73.1 Å². The van der Waals surface area contributed by atoms with Gasteiger partial charge in [0.15, 0.2) is 11.5 Å². The number of pyridine rings is 2. The van der Waals surface area contributed by atoms with Crippen molar-refractivity contribution < 1.29 is 0 Å². The van der Waals surface area contributed by atoms with Gasteiger partial charge in [0.1, 0.15) is 5.52 Å². The van der Waals surface area contributed by atoms with Crippen LogP contribution in [-0.4, -0.2) is 30.1 Å². The number of hydrogen-bond donors (Lipinski definition) is 2. The highest BCUT2D eigenvalue weighted by atomic mass is 15.1. The van der Waals surface area contributed by atoms with E-state index in [0.29, 0.717) is 11.5 Å².